The van der Waals surface area contributed by atoms with E-state index in [1.54, 1.807) is 24.3 Å². The van der Waals surface area contributed by atoms with Crippen molar-refractivity contribution >= 4 is 5.78 Å². The van der Waals surface area contributed by atoms with Crippen LogP contribution in [0.2, 0.25) is 0 Å². The summed E-state index contributed by atoms with van der Waals surface area (Å²) >= 11 is 0. The topological polar surface area (TPSA) is 82.5 Å². The second-order valence-corrected chi connectivity index (χ2v) is 6.66. The van der Waals surface area contributed by atoms with E-state index < -0.39 is 17.2 Å². The first kappa shape index (κ1) is 16.1. The van der Waals surface area contributed by atoms with Crippen LogP contribution in [-0.2, 0) is 15.4 Å². The Morgan fingerprint density at radius 1 is 1.00 bits per heavy atom. The van der Waals surface area contributed by atoms with Gasteiger partial charge in [-0.1, -0.05) is 37.1 Å². The van der Waals surface area contributed by atoms with Crippen LogP contribution in [0.15, 0.2) is 24.3 Å². The number of benzene rings is 1. The zero-order chi connectivity index (χ0) is 17.1. The summed E-state index contributed by atoms with van der Waals surface area (Å²) in [5, 5.41) is 25.7. The molecule has 1 aromatic carbocycles. The number of ketones is 1. The Morgan fingerprint density at radius 3 is 2.12 bits per heavy atom. The Bertz CT molecular complexity index is 683. The Morgan fingerprint density at radius 2 is 1.54 bits per heavy atom. The van der Waals surface area contributed by atoms with Gasteiger partial charge in [-0.15, -0.1) is 10.1 Å². The van der Waals surface area contributed by atoms with E-state index in [1.165, 1.54) is 24.3 Å². The molecule has 3 aliphatic rings. The van der Waals surface area contributed by atoms with Gasteiger partial charge >= 0.3 is 0 Å². The molecule has 1 saturated heterocycles. The van der Waals surface area contributed by atoms with Gasteiger partial charge in [0.1, 0.15) is 0 Å². The number of rotatable bonds is 2. The molecule has 0 radical (unpaired) electrons. The first-order chi connectivity index (χ1) is 11.5. The molecule has 1 saturated carbocycles. The van der Waals surface area contributed by atoms with Crippen molar-refractivity contribution in [2.24, 2.45) is 0 Å². The minimum Gasteiger partial charge on any atom is -0.366 e. The summed E-state index contributed by atoms with van der Waals surface area (Å²) < 4.78 is 0. The van der Waals surface area contributed by atoms with E-state index in [0.29, 0.717) is 5.56 Å². The van der Waals surface area contributed by atoms with Crippen molar-refractivity contribution in [2.45, 2.75) is 49.2 Å². The highest BCUT2D eigenvalue weighted by Gasteiger charge is 2.75. The summed E-state index contributed by atoms with van der Waals surface area (Å²) in [6.07, 6.45) is 3.49. The molecule has 2 aliphatic carbocycles. The number of hydrogen-bond donors (Lipinski definition) is 2. The third-order valence-corrected chi connectivity index (χ3v) is 5.68. The Balaban J connectivity index is 1.97. The average Bonchev–Trinajstić information content (AvgIpc) is 2.79. The second-order valence-electron chi connectivity index (χ2n) is 6.66. The van der Waals surface area contributed by atoms with Gasteiger partial charge in [0, 0.05) is 11.1 Å². The number of piperazine rings is 1. The van der Waals surface area contributed by atoms with Crippen LogP contribution in [0.1, 0.15) is 41.6 Å². The van der Waals surface area contributed by atoms with E-state index in [0.717, 1.165) is 25.7 Å². The van der Waals surface area contributed by atoms with E-state index in [2.05, 4.69) is 0 Å². The summed E-state index contributed by atoms with van der Waals surface area (Å²) in [6, 6.07) is 6.27. The SMILES string of the molecule is CON1[C@@H]2CCCC[C@H]2N(OC)[C@@]2(O)C(=O)c3ccccc3[C@@]12O. The lowest BCUT2D eigenvalue weighted by atomic mass is 9.81. The lowest BCUT2D eigenvalue weighted by molar-refractivity contribution is -0.455. The third-order valence-electron chi connectivity index (χ3n) is 5.68. The van der Waals surface area contributed by atoms with Gasteiger partial charge in [0.15, 0.2) is 0 Å². The molecule has 1 aromatic rings. The molecule has 130 valence electrons. The predicted molar refractivity (Wildman–Crippen MR) is 83.4 cm³/mol. The predicted octanol–water partition coefficient (Wildman–Crippen LogP) is 0.768. The van der Waals surface area contributed by atoms with Gasteiger partial charge in [-0.2, -0.15) is 0 Å². The minimum atomic E-state index is -2.25. The number of aliphatic hydroxyl groups is 2. The molecule has 0 spiro atoms. The van der Waals surface area contributed by atoms with Gasteiger partial charge in [-0.05, 0) is 12.8 Å². The van der Waals surface area contributed by atoms with Crippen molar-refractivity contribution in [3.05, 3.63) is 35.4 Å². The maximum Gasteiger partial charge on any atom is 0.255 e. The lowest BCUT2D eigenvalue weighted by Gasteiger charge is -2.59. The maximum atomic E-state index is 13.0. The molecule has 4 rings (SSSR count). The lowest BCUT2D eigenvalue weighted by Crippen LogP contribution is -2.79. The molecular formula is C17H22N2O5. The van der Waals surface area contributed by atoms with E-state index in [4.69, 9.17) is 9.68 Å². The molecular weight excluding hydrogens is 312 g/mol. The van der Waals surface area contributed by atoms with Crippen molar-refractivity contribution in [1.29, 1.82) is 0 Å². The summed E-state index contributed by atoms with van der Waals surface area (Å²) in [6.45, 7) is 0. The second kappa shape index (κ2) is 5.32. The molecule has 2 N–H and O–H groups in total. The molecule has 1 heterocycles. The van der Waals surface area contributed by atoms with Crippen molar-refractivity contribution in [3.63, 3.8) is 0 Å². The average molecular weight is 334 g/mol. The minimum absolute atomic E-state index is 0.187. The largest absolute Gasteiger partial charge is 0.366 e. The number of hydrogen-bond acceptors (Lipinski definition) is 7. The van der Waals surface area contributed by atoms with Gasteiger partial charge in [0.25, 0.3) is 5.72 Å². The molecule has 0 amide bonds. The van der Waals surface area contributed by atoms with Crippen LogP contribution in [0.5, 0.6) is 0 Å². The van der Waals surface area contributed by atoms with Gasteiger partial charge in [-0.25, -0.2) is 0 Å². The first-order valence-corrected chi connectivity index (χ1v) is 8.27. The van der Waals surface area contributed by atoms with Crippen LogP contribution in [0.25, 0.3) is 0 Å². The van der Waals surface area contributed by atoms with E-state index in [-0.39, 0.29) is 17.6 Å². The highest BCUT2D eigenvalue weighted by atomic mass is 16.7. The normalized spacial score (nSPS) is 39.4. The molecule has 0 unspecified atom stereocenters. The van der Waals surface area contributed by atoms with Crippen molar-refractivity contribution in [1.82, 2.24) is 10.1 Å². The quantitative estimate of drug-likeness (QED) is 0.826. The highest BCUT2D eigenvalue weighted by molar-refractivity contribution is 6.08. The zero-order valence-electron chi connectivity index (χ0n) is 13.8. The molecule has 2 fully saturated rings. The van der Waals surface area contributed by atoms with Crippen LogP contribution < -0.4 is 0 Å². The molecule has 7 heteroatoms. The number of hydroxylamine groups is 4. The molecule has 1 aliphatic heterocycles. The summed E-state index contributed by atoms with van der Waals surface area (Å²) in [5.41, 5.74) is -3.65. The van der Waals surface area contributed by atoms with Crippen LogP contribution in [0.4, 0.5) is 0 Å². The van der Waals surface area contributed by atoms with Crippen LogP contribution >= 0.6 is 0 Å². The monoisotopic (exact) mass is 334 g/mol. The first-order valence-electron chi connectivity index (χ1n) is 8.27. The summed E-state index contributed by atoms with van der Waals surface area (Å²) in [5.74, 6) is -0.575. The number of Topliss-reactive ketones (excluding diaryl/α,β-unsaturated/α-hetero) is 1. The number of nitrogens with zero attached hydrogens (tertiary/aromatic N) is 2. The number of carbonyl (C=O) groups excluding carboxylic acids is 1. The summed E-state index contributed by atoms with van der Waals surface area (Å²) in [4.78, 5) is 24.0. The zero-order valence-corrected chi connectivity index (χ0v) is 13.8. The summed E-state index contributed by atoms with van der Waals surface area (Å²) in [7, 11) is 2.88. The molecule has 7 nitrogen and oxygen atoms in total. The smallest absolute Gasteiger partial charge is 0.255 e. The standard InChI is InChI=1S/C17H22N2O5/c1-23-18-13-9-5-6-10-14(13)19(24-2)17(22)15(20)11-7-3-4-8-12(11)16(17,18)21/h3-4,7-8,13-14,21-22H,5-6,9-10H2,1-2H3/t13-,14-,16+,17-/m1/s1. The van der Waals surface area contributed by atoms with E-state index >= 15 is 0 Å². The van der Waals surface area contributed by atoms with Crippen molar-refractivity contribution in [3.8, 4) is 0 Å². The van der Waals surface area contributed by atoms with Crippen LogP contribution in [0, 0.1) is 0 Å². The fourth-order valence-corrected chi connectivity index (χ4v) is 4.70. The molecule has 24 heavy (non-hydrogen) atoms. The van der Waals surface area contributed by atoms with Gasteiger partial charge in [0.2, 0.25) is 11.5 Å². The van der Waals surface area contributed by atoms with E-state index in [9.17, 15) is 15.0 Å². The number of carbonyl (C=O) groups is 1. The molecule has 0 aromatic heterocycles. The molecule has 0 bridgehead atoms. The highest BCUT2D eigenvalue weighted by Crippen LogP contribution is 2.54. The van der Waals surface area contributed by atoms with Gasteiger partial charge in [0.05, 0.1) is 26.3 Å². The van der Waals surface area contributed by atoms with Crippen LogP contribution in [0.3, 0.4) is 0 Å². The van der Waals surface area contributed by atoms with Gasteiger partial charge in [-0.3, -0.25) is 14.5 Å². The third kappa shape index (κ3) is 1.64. The number of fused-ring (bicyclic) bond motifs is 4. The van der Waals surface area contributed by atoms with Crippen molar-refractivity contribution in [2.75, 3.05) is 14.2 Å². The van der Waals surface area contributed by atoms with Crippen molar-refractivity contribution < 1.29 is 24.7 Å². The fourth-order valence-electron chi connectivity index (χ4n) is 4.70. The van der Waals surface area contributed by atoms with Gasteiger partial charge < -0.3 is 10.2 Å². The van der Waals surface area contributed by atoms with E-state index in [1.807, 2.05) is 0 Å². The maximum absolute atomic E-state index is 13.0. The fraction of sp³-hybridized carbons (Fsp3) is 0.588. The van der Waals surface area contributed by atoms with Crippen LogP contribution in [-0.4, -0.2) is 58.2 Å². The Kier molecular flexibility index (Phi) is 3.58. The Labute approximate surface area is 140 Å². The Hall–Kier alpha value is -1.35. The molecule has 4 atom stereocenters.